The molecule has 0 aliphatic carbocycles. The van der Waals surface area contributed by atoms with E-state index in [2.05, 4.69) is 4.98 Å². The van der Waals surface area contributed by atoms with Crippen molar-refractivity contribution < 1.29 is 14.3 Å². The molecule has 1 aromatic rings. The summed E-state index contributed by atoms with van der Waals surface area (Å²) in [6.45, 7) is 5.11. The third-order valence-electron chi connectivity index (χ3n) is 3.57. The number of ether oxygens (including phenoxy) is 1. The molecule has 0 N–H and O–H groups in total. The van der Waals surface area contributed by atoms with Crippen molar-refractivity contribution in [2.75, 3.05) is 19.7 Å². The van der Waals surface area contributed by atoms with Crippen LogP contribution in [0.25, 0.3) is 0 Å². The molecule has 0 aromatic carbocycles. The maximum Gasteiger partial charge on any atom is 0.310 e. The largest absolute Gasteiger partial charge is 0.466 e. The fraction of sp³-hybridized carbons (Fsp3) is 0.533. The summed E-state index contributed by atoms with van der Waals surface area (Å²) < 4.78 is 5.05. The Bertz CT molecular complexity index is 502. The molecule has 1 unspecified atom stereocenters. The van der Waals surface area contributed by atoms with E-state index in [0.29, 0.717) is 25.3 Å². The number of piperidine rings is 1. The van der Waals surface area contributed by atoms with Crippen molar-refractivity contribution in [3.05, 3.63) is 29.6 Å². The molecular weight excluding hydrogens is 256 g/mol. The van der Waals surface area contributed by atoms with Gasteiger partial charge in [0.1, 0.15) is 0 Å². The molecule has 0 radical (unpaired) electrons. The molecule has 5 nitrogen and oxygen atoms in total. The summed E-state index contributed by atoms with van der Waals surface area (Å²) >= 11 is 0. The SMILES string of the molecule is CCOC(=O)C1CCCN(C(=O)c2cccnc2C)C1. The van der Waals surface area contributed by atoms with E-state index in [-0.39, 0.29) is 17.8 Å². The van der Waals surface area contributed by atoms with E-state index in [9.17, 15) is 9.59 Å². The Balaban J connectivity index is 2.07. The molecule has 5 heteroatoms. The lowest BCUT2D eigenvalue weighted by Crippen LogP contribution is -2.43. The predicted molar refractivity (Wildman–Crippen MR) is 74.2 cm³/mol. The van der Waals surface area contributed by atoms with Crippen LogP contribution in [0, 0.1) is 12.8 Å². The van der Waals surface area contributed by atoms with Crippen LogP contribution in [0.5, 0.6) is 0 Å². The molecule has 0 spiro atoms. The van der Waals surface area contributed by atoms with Crippen molar-refractivity contribution >= 4 is 11.9 Å². The van der Waals surface area contributed by atoms with Crippen molar-refractivity contribution in [1.29, 1.82) is 0 Å². The Morgan fingerprint density at radius 1 is 1.50 bits per heavy atom. The third-order valence-corrected chi connectivity index (χ3v) is 3.57. The highest BCUT2D eigenvalue weighted by molar-refractivity contribution is 5.95. The minimum absolute atomic E-state index is 0.0513. The summed E-state index contributed by atoms with van der Waals surface area (Å²) in [6, 6.07) is 3.53. The van der Waals surface area contributed by atoms with Crippen molar-refractivity contribution in [3.63, 3.8) is 0 Å². The van der Waals surface area contributed by atoms with Gasteiger partial charge in [0.15, 0.2) is 0 Å². The molecule has 0 saturated carbocycles. The number of carbonyl (C=O) groups is 2. The van der Waals surface area contributed by atoms with Gasteiger partial charge in [-0.1, -0.05) is 0 Å². The molecule has 1 aliphatic rings. The van der Waals surface area contributed by atoms with Gasteiger partial charge in [-0.2, -0.15) is 0 Å². The summed E-state index contributed by atoms with van der Waals surface area (Å²) in [5, 5.41) is 0. The Kier molecular flexibility index (Phi) is 4.71. The van der Waals surface area contributed by atoms with Gasteiger partial charge in [0, 0.05) is 25.0 Å². The first-order chi connectivity index (χ1) is 9.63. The normalized spacial score (nSPS) is 18.7. The van der Waals surface area contributed by atoms with Gasteiger partial charge in [0.05, 0.1) is 18.1 Å². The summed E-state index contributed by atoms with van der Waals surface area (Å²) in [5.74, 6) is -0.456. The van der Waals surface area contributed by atoms with E-state index in [4.69, 9.17) is 4.74 Å². The molecule has 1 saturated heterocycles. The Hall–Kier alpha value is -1.91. The van der Waals surface area contributed by atoms with Gasteiger partial charge in [0.25, 0.3) is 5.91 Å². The van der Waals surface area contributed by atoms with E-state index in [1.54, 1.807) is 30.2 Å². The molecule has 0 bridgehead atoms. The van der Waals surface area contributed by atoms with Gasteiger partial charge in [-0.15, -0.1) is 0 Å². The topological polar surface area (TPSA) is 59.5 Å². The summed E-state index contributed by atoms with van der Waals surface area (Å²) in [5.41, 5.74) is 1.33. The molecule has 1 aromatic heterocycles. The van der Waals surface area contributed by atoms with Crippen molar-refractivity contribution in [1.82, 2.24) is 9.88 Å². The van der Waals surface area contributed by atoms with Crippen molar-refractivity contribution in [3.8, 4) is 0 Å². The summed E-state index contributed by atoms with van der Waals surface area (Å²) in [4.78, 5) is 30.1. The number of esters is 1. The van der Waals surface area contributed by atoms with E-state index >= 15 is 0 Å². The predicted octanol–water partition coefficient (Wildman–Crippen LogP) is 1.81. The fourth-order valence-corrected chi connectivity index (χ4v) is 2.49. The smallest absolute Gasteiger partial charge is 0.310 e. The molecule has 2 heterocycles. The molecule has 20 heavy (non-hydrogen) atoms. The zero-order valence-electron chi connectivity index (χ0n) is 12.0. The first-order valence-electron chi connectivity index (χ1n) is 7.01. The number of carbonyl (C=O) groups excluding carboxylic acids is 2. The molecule has 1 aliphatic heterocycles. The zero-order chi connectivity index (χ0) is 14.5. The van der Waals surface area contributed by atoms with Crippen LogP contribution in [0.1, 0.15) is 35.8 Å². The van der Waals surface area contributed by atoms with Gasteiger partial charge >= 0.3 is 5.97 Å². The number of nitrogens with zero attached hydrogens (tertiary/aromatic N) is 2. The quantitative estimate of drug-likeness (QED) is 0.790. The van der Waals surface area contributed by atoms with Gasteiger partial charge in [0.2, 0.25) is 0 Å². The summed E-state index contributed by atoms with van der Waals surface area (Å²) in [7, 11) is 0. The van der Waals surface area contributed by atoms with Crippen molar-refractivity contribution in [2.24, 2.45) is 5.92 Å². The molecular formula is C15H20N2O3. The third kappa shape index (κ3) is 3.15. The van der Waals surface area contributed by atoms with E-state index in [1.807, 2.05) is 6.92 Å². The highest BCUT2D eigenvalue weighted by atomic mass is 16.5. The fourth-order valence-electron chi connectivity index (χ4n) is 2.49. The second kappa shape index (κ2) is 6.50. The van der Waals surface area contributed by atoms with Crippen LogP contribution < -0.4 is 0 Å². The average Bonchev–Trinajstić information content (AvgIpc) is 2.47. The number of pyridine rings is 1. The molecule has 1 fully saturated rings. The number of likely N-dealkylation sites (tertiary alicyclic amines) is 1. The lowest BCUT2D eigenvalue weighted by molar-refractivity contribution is -0.149. The highest BCUT2D eigenvalue weighted by Crippen LogP contribution is 2.20. The Morgan fingerprint density at radius 3 is 3.00 bits per heavy atom. The van der Waals surface area contributed by atoms with Gasteiger partial charge in [-0.3, -0.25) is 14.6 Å². The lowest BCUT2D eigenvalue weighted by Gasteiger charge is -2.31. The highest BCUT2D eigenvalue weighted by Gasteiger charge is 2.30. The number of rotatable bonds is 3. The number of hydrogen-bond donors (Lipinski definition) is 0. The van der Waals surface area contributed by atoms with Crippen LogP contribution in [-0.4, -0.2) is 41.5 Å². The number of amides is 1. The molecule has 108 valence electrons. The monoisotopic (exact) mass is 276 g/mol. The van der Waals surface area contributed by atoms with Crippen LogP contribution >= 0.6 is 0 Å². The zero-order valence-corrected chi connectivity index (χ0v) is 12.0. The van der Waals surface area contributed by atoms with E-state index in [0.717, 1.165) is 18.5 Å². The van der Waals surface area contributed by atoms with Crippen molar-refractivity contribution in [2.45, 2.75) is 26.7 Å². The first-order valence-corrected chi connectivity index (χ1v) is 7.01. The molecule has 1 atom stereocenters. The van der Waals surface area contributed by atoms with Gasteiger partial charge in [-0.05, 0) is 38.8 Å². The van der Waals surface area contributed by atoms with Crippen LogP contribution in [0.15, 0.2) is 18.3 Å². The second-order valence-electron chi connectivity index (χ2n) is 4.98. The standard InChI is InChI=1S/C15H20N2O3/c1-3-20-15(19)12-6-5-9-17(10-12)14(18)13-7-4-8-16-11(13)2/h4,7-8,12H,3,5-6,9-10H2,1-2H3. The minimum Gasteiger partial charge on any atom is -0.466 e. The Morgan fingerprint density at radius 2 is 2.30 bits per heavy atom. The first kappa shape index (κ1) is 14.5. The number of aryl methyl sites for hydroxylation is 1. The summed E-state index contributed by atoms with van der Waals surface area (Å²) in [6.07, 6.45) is 3.28. The van der Waals surface area contributed by atoms with Gasteiger partial charge < -0.3 is 9.64 Å². The van der Waals surface area contributed by atoms with Crippen LogP contribution in [0.2, 0.25) is 0 Å². The lowest BCUT2D eigenvalue weighted by atomic mass is 9.97. The minimum atomic E-state index is -0.204. The molecule has 2 rings (SSSR count). The Labute approximate surface area is 118 Å². The van der Waals surface area contributed by atoms with E-state index < -0.39 is 0 Å². The van der Waals surface area contributed by atoms with Crippen LogP contribution in [0.4, 0.5) is 0 Å². The second-order valence-corrected chi connectivity index (χ2v) is 4.98. The van der Waals surface area contributed by atoms with Gasteiger partial charge in [-0.25, -0.2) is 0 Å². The average molecular weight is 276 g/mol. The van der Waals surface area contributed by atoms with Crippen LogP contribution in [0.3, 0.4) is 0 Å². The molecule has 1 amide bonds. The number of aromatic nitrogens is 1. The maximum atomic E-state index is 12.5. The number of hydrogen-bond acceptors (Lipinski definition) is 4. The maximum absolute atomic E-state index is 12.5. The van der Waals surface area contributed by atoms with E-state index in [1.165, 1.54) is 0 Å². The van der Waals surface area contributed by atoms with Crippen LogP contribution in [-0.2, 0) is 9.53 Å².